The van der Waals surface area contributed by atoms with E-state index in [9.17, 15) is 28.2 Å². The zero-order valence-corrected chi connectivity index (χ0v) is 23.1. The molecule has 1 aliphatic heterocycles. The minimum atomic E-state index is -4.66. The van der Waals surface area contributed by atoms with Gasteiger partial charge in [-0.3, -0.25) is 14.3 Å². The molecule has 210 valence electrons. The molecule has 0 saturated carbocycles. The summed E-state index contributed by atoms with van der Waals surface area (Å²) in [5, 5.41) is 26.4. The number of halogens is 5. The second kappa shape index (κ2) is 11.4. The number of nitrogens with zero attached hydrogens (tertiary/aromatic N) is 5. The molecule has 1 aliphatic rings. The number of imidazole rings is 1. The molecular weight excluding hydrogens is 670 g/mol. The highest BCUT2D eigenvalue weighted by molar-refractivity contribution is 14.1. The van der Waals surface area contributed by atoms with Crippen molar-refractivity contribution in [1.82, 2.24) is 29.8 Å². The van der Waals surface area contributed by atoms with Crippen molar-refractivity contribution in [3.8, 4) is 11.4 Å². The fraction of sp³-hybridized carbons (Fsp3) is 0.292. The molecule has 4 aromatic rings. The molecular formula is C24H20ClF3IN7O4. The van der Waals surface area contributed by atoms with E-state index in [2.05, 4.69) is 47.8 Å². The summed E-state index contributed by atoms with van der Waals surface area (Å²) in [6.45, 7) is -1.24. The van der Waals surface area contributed by atoms with E-state index in [4.69, 9.17) is 16.3 Å². The molecule has 4 N–H and O–H groups in total. The standard InChI is InChI=1S/C24H20ClF3IN7O4/c25-13-5-12(7-30-8-13)19-34-20(31-6-11-2-1-3-14(29)4-11)15-21(35-19)36(10-33-15)23-17(38)16(37)18(40-23)22(39)32-9-24(26,27)28/h1-5,7-8,10,16-18,23,37-38H,6,9H2,(H,32,39)(H,31,34,35)/t16-,17+,18-,23+/m0/s1. The highest BCUT2D eigenvalue weighted by Gasteiger charge is 2.48. The second-order valence-corrected chi connectivity index (χ2v) is 10.5. The Labute approximate surface area is 242 Å². The number of hydrogen-bond donors (Lipinski definition) is 4. The average Bonchev–Trinajstić information content (AvgIpc) is 3.46. The summed E-state index contributed by atoms with van der Waals surface area (Å²) in [4.78, 5) is 29.9. The van der Waals surface area contributed by atoms with Crippen molar-refractivity contribution < 1.29 is 32.9 Å². The Morgan fingerprint density at radius 3 is 2.70 bits per heavy atom. The zero-order valence-electron chi connectivity index (χ0n) is 20.2. The predicted molar refractivity (Wildman–Crippen MR) is 145 cm³/mol. The molecule has 0 aliphatic carbocycles. The first-order chi connectivity index (χ1) is 19.0. The molecule has 16 heteroatoms. The molecule has 4 heterocycles. The number of nitrogens with one attached hydrogen (secondary N) is 2. The monoisotopic (exact) mass is 689 g/mol. The Bertz CT molecular complexity index is 1560. The van der Waals surface area contributed by atoms with Gasteiger partial charge in [-0.2, -0.15) is 13.2 Å². The van der Waals surface area contributed by atoms with Crippen LogP contribution < -0.4 is 10.6 Å². The van der Waals surface area contributed by atoms with Crippen LogP contribution in [0.3, 0.4) is 0 Å². The number of carbonyl (C=O) groups excluding carboxylic acids is 1. The summed E-state index contributed by atoms with van der Waals surface area (Å²) in [7, 11) is 0. The van der Waals surface area contributed by atoms with Crippen LogP contribution in [0.1, 0.15) is 11.8 Å². The lowest BCUT2D eigenvalue weighted by Gasteiger charge is -2.17. The molecule has 0 bridgehead atoms. The third kappa shape index (κ3) is 6.12. The van der Waals surface area contributed by atoms with Gasteiger partial charge in [0.1, 0.15) is 18.8 Å². The first kappa shape index (κ1) is 28.4. The summed E-state index contributed by atoms with van der Waals surface area (Å²) in [6.07, 6.45) is -7.11. The average molecular weight is 690 g/mol. The van der Waals surface area contributed by atoms with Crippen LogP contribution in [0.2, 0.25) is 5.02 Å². The fourth-order valence-electron chi connectivity index (χ4n) is 4.12. The van der Waals surface area contributed by atoms with E-state index < -0.39 is 43.2 Å². The van der Waals surface area contributed by atoms with Gasteiger partial charge in [0.15, 0.2) is 35.1 Å². The number of ether oxygens (including phenoxy) is 1. The maximum absolute atomic E-state index is 12.6. The van der Waals surface area contributed by atoms with Crippen LogP contribution in [0.5, 0.6) is 0 Å². The van der Waals surface area contributed by atoms with Crippen molar-refractivity contribution in [3.63, 3.8) is 0 Å². The molecule has 0 unspecified atom stereocenters. The molecule has 1 amide bonds. The smallest absolute Gasteiger partial charge is 0.387 e. The van der Waals surface area contributed by atoms with Crippen molar-refractivity contribution in [2.24, 2.45) is 0 Å². The quantitative estimate of drug-likeness (QED) is 0.215. The molecule has 4 atom stereocenters. The number of aliphatic hydroxyl groups is 2. The lowest BCUT2D eigenvalue weighted by molar-refractivity contribution is -0.149. The minimum absolute atomic E-state index is 0.155. The van der Waals surface area contributed by atoms with Gasteiger partial charge in [-0.1, -0.05) is 23.7 Å². The van der Waals surface area contributed by atoms with E-state index in [0.717, 1.165) is 9.13 Å². The highest BCUT2D eigenvalue weighted by Crippen LogP contribution is 2.34. The van der Waals surface area contributed by atoms with Crippen LogP contribution in [0.25, 0.3) is 22.6 Å². The molecule has 0 radical (unpaired) electrons. The maximum atomic E-state index is 12.6. The van der Waals surface area contributed by atoms with Gasteiger partial charge < -0.3 is 25.6 Å². The lowest BCUT2D eigenvalue weighted by atomic mass is 10.1. The van der Waals surface area contributed by atoms with Crippen LogP contribution in [0, 0.1) is 3.57 Å². The fourth-order valence-corrected chi connectivity index (χ4v) is 4.90. The molecule has 3 aromatic heterocycles. The van der Waals surface area contributed by atoms with Crippen molar-refractivity contribution in [2.75, 3.05) is 11.9 Å². The Kier molecular flexibility index (Phi) is 8.10. The molecule has 0 spiro atoms. The third-order valence-corrected chi connectivity index (χ3v) is 6.85. The van der Waals surface area contributed by atoms with Gasteiger partial charge in [0.2, 0.25) is 0 Å². The topological polar surface area (TPSA) is 147 Å². The molecule has 11 nitrogen and oxygen atoms in total. The lowest BCUT2D eigenvalue weighted by Crippen LogP contribution is -2.45. The van der Waals surface area contributed by atoms with Crippen LogP contribution in [0.15, 0.2) is 49.1 Å². The summed E-state index contributed by atoms with van der Waals surface area (Å²) in [6, 6.07) is 9.39. The van der Waals surface area contributed by atoms with Gasteiger partial charge in [-0.15, -0.1) is 0 Å². The van der Waals surface area contributed by atoms with Gasteiger partial charge in [0, 0.05) is 28.1 Å². The number of anilines is 1. The van der Waals surface area contributed by atoms with Crippen molar-refractivity contribution in [3.05, 3.63) is 63.2 Å². The van der Waals surface area contributed by atoms with E-state index in [1.165, 1.54) is 23.3 Å². The molecule has 1 saturated heterocycles. The van der Waals surface area contributed by atoms with E-state index in [0.29, 0.717) is 22.9 Å². The molecule has 5 rings (SSSR count). The van der Waals surface area contributed by atoms with E-state index in [1.807, 2.05) is 24.3 Å². The summed E-state index contributed by atoms with van der Waals surface area (Å²) in [5.41, 5.74) is 1.87. The van der Waals surface area contributed by atoms with Gasteiger partial charge in [0.25, 0.3) is 5.91 Å². The number of benzene rings is 1. The first-order valence-electron chi connectivity index (χ1n) is 11.7. The third-order valence-electron chi connectivity index (χ3n) is 5.97. The number of aromatic nitrogens is 5. The Morgan fingerprint density at radius 2 is 1.98 bits per heavy atom. The Hall–Kier alpha value is -3.12. The number of alkyl halides is 3. The van der Waals surface area contributed by atoms with Crippen LogP contribution >= 0.6 is 34.2 Å². The summed E-state index contributed by atoms with van der Waals surface area (Å²) in [5.74, 6) is -0.706. The van der Waals surface area contributed by atoms with Gasteiger partial charge in [-0.25, -0.2) is 15.0 Å². The minimum Gasteiger partial charge on any atom is -0.387 e. The van der Waals surface area contributed by atoms with Gasteiger partial charge in [-0.05, 0) is 46.4 Å². The Balaban J connectivity index is 1.51. The largest absolute Gasteiger partial charge is 0.405 e. The molecule has 40 heavy (non-hydrogen) atoms. The predicted octanol–water partition coefficient (Wildman–Crippen LogP) is 3.06. The maximum Gasteiger partial charge on any atom is 0.405 e. The summed E-state index contributed by atoms with van der Waals surface area (Å²) >= 11 is 8.32. The van der Waals surface area contributed by atoms with Crippen molar-refractivity contribution >= 4 is 57.1 Å². The van der Waals surface area contributed by atoms with Crippen LogP contribution in [-0.2, 0) is 16.1 Å². The first-order valence-corrected chi connectivity index (χ1v) is 13.2. The normalized spacial score (nSPS) is 21.1. The molecule has 1 aromatic carbocycles. The van der Waals surface area contributed by atoms with E-state index >= 15 is 0 Å². The zero-order chi connectivity index (χ0) is 28.6. The van der Waals surface area contributed by atoms with Crippen LogP contribution in [-0.4, -0.2) is 71.7 Å². The number of carbonyl (C=O) groups is 1. The Morgan fingerprint density at radius 1 is 1.18 bits per heavy atom. The van der Waals surface area contributed by atoms with Gasteiger partial charge in [0.05, 0.1) is 11.3 Å². The number of hydrogen-bond acceptors (Lipinski definition) is 9. The van der Waals surface area contributed by atoms with Crippen molar-refractivity contribution in [1.29, 1.82) is 0 Å². The highest BCUT2D eigenvalue weighted by atomic mass is 127. The van der Waals surface area contributed by atoms with Gasteiger partial charge >= 0.3 is 6.18 Å². The number of rotatable bonds is 7. The summed E-state index contributed by atoms with van der Waals surface area (Å²) < 4.78 is 45.6. The van der Waals surface area contributed by atoms with Crippen LogP contribution in [0.4, 0.5) is 19.0 Å². The number of fused-ring (bicyclic) bond motifs is 1. The number of aliphatic hydroxyl groups excluding tert-OH is 2. The number of amides is 1. The van der Waals surface area contributed by atoms with E-state index in [1.54, 1.807) is 11.4 Å². The number of pyridine rings is 1. The molecule has 1 fully saturated rings. The SMILES string of the molecule is O=C(NCC(F)(F)F)[C@H]1O[C@@H](n2cnc3c(NCc4cccc(I)c4)nc(-c4cncc(Cl)c4)nc32)[C@H](O)[C@@H]1O. The van der Waals surface area contributed by atoms with Crippen molar-refractivity contribution in [2.45, 2.75) is 37.3 Å². The second-order valence-electron chi connectivity index (χ2n) is 8.86. The van der Waals surface area contributed by atoms with E-state index in [-0.39, 0.29) is 17.0 Å².